The Morgan fingerprint density at radius 1 is 1.48 bits per heavy atom. The Bertz CT molecular complexity index is 500. The molecule has 3 heteroatoms. The Hall–Kier alpha value is -1.35. The van der Waals surface area contributed by atoms with Gasteiger partial charge in [0.25, 0.3) is 0 Å². The van der Waals surface area contributed by atoms with E-state index in [-0.39, 0.29) is 5.91 Å². The standard InChI is InChI=1S/C18H28N2O/c1-4-20(13-16-9-5-7-14(2)11-16)17(21)18(19)10-6-8-15(3)12-18/h5,7,9,11,15H,4,6,8,10,12-13,19H2,1-3H3. The Balaban J connectivity index is 2.11. The minimum atomic E-state index is -0.655. The Morgan fingerprint density at radius 2 is 2.24 bits per heavy atom. The number of carbonyl (C=O) groups excluding carboxylic acids is 1. The van der Waals surface area contributed by atoms with E-state index in [9.17, 15) is 4.79 Å². The van der Waals surface area contributed by atoms with Crippen LogP contribution in [0.2, 0.25) is 0 Å². The number of aryl methyl sites for hydroxylation is 1. The third kappa shape index (κ3) is 3.85. The predicted molar refractivity (Wildman–Crippen MR) is 86.8 cm³/mol. The highest BCUT2D eigenvalue weighted by atomic mass is 16.2. The fourth-order valence-corrected chi connectivity index (χ4v) is 3.46. The molecule has 1 aliphatic carbocycles. The van der Waals surface area contributed by atoms with Crippen LogP contribution in [0.3, 0.4) is 0 Å². The molecule has 1 aromatic rings. The molecular formula is C18H28N2O. The molecule has 0 aliphatic heterocycles. The summed E-state index contributed by atoms with van der Waals surface area (Å²) in [6, 6.07) is 8.34. The first-order valence-corrected chi connectivity index (χ1v) is 8.08. The van der Waals surface area contributed by atoms with Gasteiger partial charge >= 0.3 is 0 Å². The number of hydrogen-bond acceptors (Lipinski definition) is 2. The molecule has 3 nitrogen and oxygen atoms in total. The van der Waals surface area contributed by atoms with Crippen LogP contribution in [0.15, 0.2) is 24.3 Å². The second kappa shape index (κ2) is 6.61. The lowest BCUT2D eigenvalue weighted by Crippen LogP contribution is -2.57. The van der Waals surface area contributed by atoms with Crippen LogP contribution in [0, 0.1) is 12.8 Å². The van der Waals surface area contributed by atoms with Gasteiger partial charge in [-0.05, 0) is 38.2 Å². The van der Waals surface area contributed by atoms with Gasteiger partial charge in [0.15, 0.2) is 0 Å². The van der Waals surface area contributed by atoms with Gasteiger partial charge in [0.05, 0.1) is 5.54 Å². The van der Waals surface area contributed by atoms with E-state index in [2.05, 4.69) is 32.0 Å². The summed E-state index contributed by atoms with van der Waals surface area (Å²) in [5, 5.41) is 0. The topological polar surface area (TPSA) is 46.3 Å². The number of amides is 1. The van der Waals surface area contributed by atoms with Crippen molar-refractivity contribution in [3.8, 4) is 0 Å². The molecule has 0 radical (unpaired) electrons. The van der Waals surface area contributed by atoms with Crippen molar-refractivity contribution < 1.29 is 4.79 Å². The molecule has 0 saturated heterocycles. The van der Waals surface area contributed by atoms with Crippen LogP contribution in [0.5, 0.6) is 0 Å². The average Bonchev–Trinajstić information content (AvgIpc) is 2.44. The van der Waals surface area contributed by atoms with Crippen molar-refractivity contribution >= 4 is 5.91 Å². The molecule has 0 spiro atoms. The third-order valence-electron chi connectivity index (χ3n) is 4.58. The summed E-state index contributed by atoms with van der Waals surface area (Å²) in [6.07, 6.45) is 3.89. The van der Waals surface area contributed by atoms with Crippen molar-refractivity contribution in [3.05, 3.63) is 35.4 Å². The van der Waals surface area contributed by atoms with Crippen LogP contribution in [-0.4, -0.2) is 22.9 Å². The highest BCUT2D eigenvalue weighted by Gasteiger charge is 2.40. The molecule has 1 aliphatic rings. The molecule has 1 aromatic carbocycles. The van der Waals surface area contributed by atoms with E-state index in [0.29, 0.717) is 19.0 Å². The summed E-state index contributed by atoms with van der Waals surface area (Å²) >= 11 is 0. The van der Waals surface area contributed by atoms with E-state index in [1.807, 2.05) is 17.9 Å². The maximum Gasteiger partial charge on any atom is 0.242 e. The molecule has 2 atom stereocenters. The highest BCUT2D eigenvalue weighted by Crippen LogP contribution is 2.32. The van der Waals surface area contributed by atoms with Crippen molar-refractivity contribution in [2.75, 3.05) is 6.54 Å². The van der Waals surface area contributed by atoms with Gasteiger partial charge in [0.2, 0.25) is 5.91 Å². The lowest BCUT2D eigenvalue weighted by molar-refractivity contribution is -0.139. The molecule has 21 heavy (non-hydrogen) atoms. The lowest BCUT2D eigenvalue weighted by Gasteiger charge is -2.39. The Labute approximate surface area is 128 Å². The van der Waals surface area contributed by atoms with E-state index in [0.717, 1.165) is 19.3 Å². The SMILES string of the molecule is CCN(Cc1cccc(C)c1)C(=O)C1(N)CCCC(C)C1. The summed E-state index contributed by atoms with van der Waals surface area (Å²) in [7, 11) is 0. The molecule has 0 bridgehead atoms. The minimum Gasteiger partial charge on any atom is -0.337 e. The van der Waals surface area contributed by atoms with Crippen LogP contribution in [-0.2, 0) is 11.3 Å². The maximum atomic E-state index is 12.9. The average molecular weight is 288 g/mol. The van der Waals surface area contributed by atoms with Gasteiger partial charge in [-0.1, -0.05) is 49.6 Å². The molecule has 2 N–H and O–H groups in total. The van der Waals surface area contributed by atoms with E-state index in [1.165, 1.54) is 17.5 Å². The fraction of sp³-hybridized carbons (Fsp3) is 0.611. The molecule has 116 valence electrons. The zero-order chi connectivity index (χ0) is 15.5. The number of carbonyl (C=O) groups is 1. The Kier molecular flexibility index (Phi) is 5.04. The number of nitrogens with two attached hydrogens (primary N) is 1. The monoisotopic (exact) mass is 288 g/mol. The van der Waals surface area contributed by atoms with E-state index in [1.54, 1.807) is 0 Å². The third-order valence-corrected chi connectivity index (χ3v) is 4.58. The largest absolute Gasteiger partial charge is 0.337 e. The van der Waals surface area contributed by atoms with Gasteiger partial charge in [-0.2, -0.15) is 0 Å². The molecule has 1 fully saturated rings. The maximum absolute atomic E-state index is 12.9. The summed E-state index contributed by atoms with van der Waals surface area (Å²) in [4.78, 5) is 14.8. The summed E-state index contributed by atoms with van der Waals surface area (Å²) < 4.78 is 0. The predicted octanol–water partition coefficient (Wildman–Crippen LogP) is 3.25. The van der Waals surface area contributed by atoms with Crippen LogP contribution in [0.4, 0.5) is 0 Å². The van der Waals surface area contributed by atoms with Crippen LogP contribution in [0.1, 0.15) is 50.7 Å². The zero-order valence-corrected chi connectivity index (χ0v) is 13.6. The summed E-state index contributed by atoms with van der Waals surface area (Å²) in [5.74, 6) is 0.670. The minimum absolute atomic E-state index is 0.123. The van der Waals surface area contributed by atoms with Gasteiger partial charge in [-0.15, -0.1) is 0 Å². The van der Waals surface area contributed by atoms with Crippen LogP contribution in [0.25, 0.3) is 0 Å². The van der Waals surface area contributed by atoms with Crippen molar-refractivity contribution in [1.29, 1.82) is 0 Å². The van der Waals surface area contributed by atoms with Crippen LogP contribution < -0.4 is 5.73 Å². The fourth-order valence-electron chi connectivity index (χ4n) is 3.46. The quantitative estimate of drug-likeness (QED) is 0.924. The molecule has 2 unspecified atom stereocenters. The summed E-state index contributed by atoms with van der Waals surface area (Å²) in [5.41, 5.74) is 8.21. The molecule has 1 saturated carbocycles. The number of likely N-dealkylation sites (N-methyl/N-ethyl adjacent to an activating group) is 1. The second-order valence-corrected chi connectivity index (χ2v) is 6.67. The normalized spacial score (nSPS) is 25.6. The number of nitrogens with zero attached hydrogens (tertiary/aromatic N) is 1. The zero-order valence-electron chi connectivity index (χ0n) is 13.6. The van der Waals surface area contributed by atoms with Gasteiger partial charge in [0, 0.05) is 13.1 Å². The van der Waals surface area contributed by atoms with E-state index in [4.69, 9.17) is 5.73 Å². The first-order valence-electron chi connectivity index (χ1n) is 8.08. The van der Waals surface area contributed by atoms with Crippen molar-refractivity contribution in [1.82, 2.24) is 4.90 Å². The molecule has 2 rings (SSSR count). The van der Waals surface area contributed by atoms with Gasteiger partial charge in [0.1, 0.15) is 0 Å². The summed E-state index contributed by atoms with van der Waals surface area (Å²) in [6.45, 7) is 7.67. The smallest absolute Gasteiger partial charge is 0.242 e. The number of rotatable bonds is 4. The first kappa shape index (κ1) is 16.0. The first-order chi connectivity index (χ1) is 9.94. The number of benzene rings is 1. The molecule has 1 amide bonds. The van der Waals surface area contributed by atoms with Crippen molar-refractivity contribution in [2.24, 2.45) is 11.7 Å². The molecular weight excluding hydrogens is 260 g/mol. The van der Waals surface area contributed by atoms with E-state index >= 15 is 0 Å². The van der Waals surface area contributed by atoms with E-state index < -0.39 is 5.54 Å². The van der Waals surface area contributed by atoms with Crippen molar-refractivity contribution in [2.45, 2.75) is 58.5 Å². The van der Waals surface area contributed by atoms with Crippen LogP contribution >= 0.6 is 0 Å². The van der Waals surface area contributed by atoms with Gasteiger partial charge in [-0.3, -0.25) is 4.79 Å². The number of hydrogen-bond donors (Lipinski definition) is 1. The molecule has 0 heterocycles. The lowest BCUT2D eigenvalue weighted by atomic mass is 9.76. The second-order valence-electron chi connectivity index (χ2n) is 6.67. The van der Waals surface area contributed by atoms with Gasteiger partial charge in [-0.25, -0.2) is 0 Å². The Morgan fingerprint density at radius 3 is 2.86 bits per heavy atom. The molecule has 0 aromatic heterocycles. The highest BCUT2D eigenvalue weighted by molar-refractivity contribution is 5.86. The van der Waals surface area contributed by atoms with Gasteiger partial charge < -0.3 is 10.6 Å². The van der Waals surface area contributed by atoms with Crippen molar-refractivity contribution in [3.63, 3.8) is 0 Å².